The zero-order valence-corrected chi connectivity index (χ0v) is 14.5. The van der Waals surface area contributed by atoms with Crippen molar-refractivity contribution in [1.82, 2.24) is 0 Å². The Bertz CT molecular complexity index is 906. The molecule has 2 aliphatic carbocycles. The lowest BCUT2D eigenvalue weighted by Gasteiger charge is -2.25. The van der Waals surface area contributed by atoms with Crippen molar-refractivity contribution in [3.8, 4) is 11.1 Å². The molecule has 0 amide bonds. The molecule has 0 heterocycles. The molecule has 3 aromatic carbocycles. The van der Waals surface area contributed by atoms with E-state index in [-0.39, 0.29) is 0 Å². The van der Waals surface area contributed by atoms with Gasteiger partial charge in [0.2, 0.25) is 0 Å². The largest absolute Gasteiger partial charge is 0.0837 e. The Labute approximate surface area is 148 Å². The topological polar surface area (TPSA) is 0 Å². The lowest BCUT2D eigenvalue weighted by atomic mass is 9.80. The Hall–Kier alpha value is -1.79. The van der Waals surface area contributed by atoms with Crippen molar-refractivity contribution in [3.05, 3.63) is 71.2 Å². The summed E-state index contributed by atoms with van der Waals surface area (Å²) in [5, 5.41) is 3.60. The first-order valence-electron chi connectivity index (χ1n) is 9.08. The van der Waals surface area contributed by atoms with E-state index in [1.54, 1.807) is 5.56 Å². The first kappa shape index (κ1) is 14.5. The maximum atomic E-state index is 6.53. The average molecular weight is 333 g/mol. The van der Waals surface area contributed by atoms with Crippen molar-refractivity contribution in [2.75, 3.05) is 0 Å². The second-order valence-electron chi connectivity index (χ2n) is 7.51. The van der Waals surface area contributed by atoms with Gasteiger partial charge in [-0.1, -0.05) is 72.6 Å². The summed E-state index contributed by atoms with van der Waals surface area (Å²) in [5.41, 5.74) is 3.99. The van der Waals surface area contributed by atoms with Gasteiger partial charge < -0.3 is 0 Å². The molecule has 2 bridgehead atoms. The third kappa shape index (κ3) is 2.20. The fourth-order valence-electron chi connectivity index (χ4n) is 5.21. The van der Waals surface area contributed by atoms with Crippen molar-refractivity contribution >= 4 is 22.4 Å². The van der Waals surface area contributed by atoms with E-state index in [0.29, 0.717) is 0 Å². The quantitative estimate of drug-likeness (QED) is 0.471. The zero-order valence-electron chi connectivity index (χ0n) is 13.7. The molecule has 24 heavy (non-hydrogen) atoms. The summed E-state index contributed by atoms with van der Waals surface area (Å²) in [7, 11) is 0. The van der Waals surface area contributed by atoms with Gasteiger partial charge in [0.25, 0.3) is 0 Å². The van der Waals surface area contributed by atoms with Crippen LogP contribution in [0.2, 0.25) is 5.02 Å². The Morgan fingerprint density at radius 2 is 1.54 bits per heavy atom. The van der Waals surface area contributed by atoms with Crippen molar-refractivity contribution in [1.29, 1.82) is 0 Å². The Kier molecular flexibility index (Phi) is 3.41. The highest BCUT2D eigenvalue weighted by molar-refractivity contribution is 6.33. The molecule has 0 N–H and O–H groups in total. The summed E-state index contributed by atoms with van der Waals surface area (Å²) in [5.74, 6) is 2.58. The lowest BCUT2D eigenvalue weighted by Crippen LogP contribution is -2.09. The van der Waals surface area contributed by atoms with Crippen LogP contribution in [0.5, 0.6) is 0 Å². The maximum Gasteiger partial charge on any atom is 0.0484 e. The molecule has 120 valence electrons. The van der Waals surface area contributed by atoms with Crippen molar-refractivity contribution in [2.45, 2.75) is 31.6 Å². The Morgan fingerprint density at radius 1 is 0.750 bits per heavy atom. The molecule has 1 heteroatoms. The summed E-state index contributed by atoms with van der Waals surface area (Å²) < 4.78 is 0. The smallest absolute Gasteiger partial charge is 0.0484 e. The predicted octanol–water partition coefficient (Wildman–Crippen LogP) is 7.06. The van der Waals surface area contributed by atoms with E-state index in [1.165, 1.54) is 42.0 Å². The van der Waals surface area contributed by atoms with Crippen LogP contribution in [-0.2, 0) is 0 Å². The van der Waals surface area contributed by atoms with Crippen LogP contribution in [0.25, 0.3) is 21.9 Å². The molecule has 2 aliphatic rings. The summed E-state index contributed by atoms with van der Waals surface area (Å²) >= 11 is 6.53. The van der Waals surface area contributed by atoms with E-state index >= 15 is 0 Å². The minimum Gasteiger partial charge on any atom is -0.0837 e. The van der Waals surface area contributed by atoms with Crippen molar-refractivity contribution < 1.29 is 0 Å². The SMILES string of the molecule is Clc1ccccc1-c1cccc2cccc(C3CC4CCC3C4)c12. The van der Waals surface area contributed by atoms with Gasteiger partial charge in [-0.3, -0.25) is 0 Å². The number of benzene rings is 3. The van der Waals surface area contributed by atoms with Crippen LogP contribution in [-0.4, -0.2) is 0 Å². The number of rotatable bonds is 2. The highest BCUT2D eigenvalue weighted by atomic mass is 35.5. The second kappa shape index (κ2) is 5.63. The molecule has 2 saturated carbocycles. The summed E-state index contributed by atoms with van der Waals surface area (Å²) in [6.45, 7) is 0. The maximum absolute atomic E-state index is 6.53. The van der Waals surface area contributed by atoms with E-state index in [0.717, 1.165) is 28.3 Å². The monoisotopic (exact) mass is 332 g/mol. The average Bonchev–Trinajstić information content (AvgIpc) is 3.24. The highest BCUT2D eigenvalue weighted by Gasteiger charge is 2.40. The predicted molar refractivity (Wildman–Crippen MR) is 103 cm³/mol. The van der Waals surface area contributed by atoms with Crippen molar-refractivity contribution in [3.63, 3.8) is 0 Å². The van der Waals surface area contributed by atoms with Crippen molar-refractivity contribution in [2.24, 2.45) is 11.8 Å². The molecular formula is C23H21Cl. The molecule has 3 atom stereocenters. The van der Waals surface area contributed by atoms with Crippen LogP contribution in [0, 0.1) is 11.8 Å². The molecule has 0 aromatic heterocycles. The van der Waals surface area contributed by atoms with E-state index < -0.39 is 0 Å². The van der Waals surface area contributed by atoms with E-state index in [2.05, 4.69) is 48.5 Å². The molecule has 0 saturated heterocycles. The Balaban J connectivity index is 1.76. The van der Waals surface area contributed by atoms with Crippen LogP contribution in [0.15, 0.2) is 60.7 Å². The second-order valence-corrected chi connectivity index (χ2v) is 7.92. The number of halogens is 1. The number of hydrogen-bond acceptors (Lipinski definition) is 0. The van der Waals surface area contributed by atoms with Crippen LogP contribution in [0.1, 0.15) is 37.2 Å². The van der Waals surface area contributed by atoms with E-state index in [1.807, 2.05) is 12.1 Å². The van der Waals surface area contributed by atoms with Gasteiger partial charge in [0, 0.05) is 10.6 Å². The molecule has 5 rings (SSSR count). The molecule has 0 spiro atoms. The molecule has 3 unspecified atom stereocenters. The molecular weight excluding hydrogens is 312 g/mol. The van der Waals surface area contributed by atoms with Crippen LogP contribution < -0.4 is 0 Å². The van der Waals surface area contributed by atoms with E-state index in [9.17, 15) is 0 Å². The lowest BCUT2D eigenvalue weighted by molar-refractivity contribution is 0.422. The summed E-state index contributed by atoms with van der Waals surface area (Å²) in [6.07, 6.45) is 5.68. The molecule has 0 radical (unpaired) electrons. The van der Waals surface area contributed by atoms with Gasteiger partial charge in [-0.05, 0) is 65.0 Å². The standard InChI is InChI=1S/C23H21Cl/c24-22-10-2-1-7-18(22)19-8-3-5-16-6-4-9-20(23(16)19)21-14-15-11-12-17(21)13-15/h1-10,15,17,21H,11-14H2. The van der Waals surface area contributed by atoms with Gasteiger partial charge in [-0.2, -0.15) is 0 Å². The fourth-order valence-corrected chi connectivity index (χ4v) is 5.45. The van der Waals surface area contributed by atoms with Gasteiger partial charge in [-0.25, -0.2) is 0 Å². The molecule has 2 fully saturated rings. The molecule has 3 aromatic rings. The minimum absolute atomic E-state index is 0.732. The summed E-state index contributed by atoms with van der Waals surface area (Å²) in [6, 6.07) is 21.7. The van der Waals surface area contributed by atoms with Crippen LogP contribution in [0.4, 0.5) is 0 Å². The fraction of sp³-hybridized carbons (Fsp3) is 0.304. The molecule has 0 nitrogen and oxygen atoms in total. The first-order chi connectivity index (χ1) is 11.8. The van der Waals surface area contributed by atoms with E-state index in [4.69, 9.17) is 11.6 Å². The van der Waals surface area contributed by atoms with Crippen LogP contribution in [0.3, 0.4) is 0 Å². The minimum atomic E-state index is 0.732. The molecule has 0 aliphatic heterocycles. The number of fused-ring (bicyclic) bond motifs is 3. The zero-order chi connectivity index (χ0) is 16.1. The normalized spacial score (nSPS) is 25.5. The van der Waals surface area contributed by atoms with Crippen LogP contribution >= 0.6 is 11.6 Å². The third-order valence-corrected chi connectivity index (χ3v) is 6.57. The summed E-state index contributed by atoms with van der Waals surface area (Å²) in [4.78, 5) is 0. The Morgan fingerprint density at radius 3 is 2.29 bits per heavy atom. The van der Waals surface area contributed by atoms with Gasteiger partial charge in [0.1, 0.15) is 0 Å². The van der Waals surface area contributed by atoms with Gasteiger partial charge in [0.15, 0.2) is 0 Å². The number of hydrogen-bond donors (Lipinski definition) is 0. The van der Waals surface area contributed by atoms with Gasteiger partial charge >= 0.3 is 0 Å². The highest BCUT2D eigenvalue weighted by Crippen LogP contribution is 2.54. The first-order valence-corrected chi connectivity index (χ1v) is 9.45. The van der Waals surface area contributed by atoms with Gasteiger partial charge in [-0.15, -0.1) is 0 Å². The van der Waals surface area contributed by atoms with Gasteiger partial charge in [0.05, 0.1) is 0 Å². The third-order valence-electron chi connectivity index (χ3n) is 6.24.